The third kappa shape index (κ3) is 3.47. The number of hydrogen-bond acceptors (Lipinski definition) is 4. The molecule has 0 aliphatic rings. The molecule has 7 heteroatoms. The number of amides is 1. The van der Waals surface area contributed by atoms with E-state index in [1.54, 1.807) is 6.07 Å². The number of nitrogens with zero attached hydrogens (tertiary/aromatic N) is 1. The largest absolute Gasteiger partial charge is 0.480 e. The highest BCUT2D eigenvalue weighted by molar-refractivity contribution is 7.90. The fourth-order valence-electron chi connectivity index (χ4n) is 1.92. The maximum Gasteiger partial charge on any atom is 0.329 e. The van der Waals surface area contributed by atoms with Crippen LogP contribution < -0.4 is 0 Å². The number of aliphatic carboxylic acids is 1. The van der Waals surface area contributed by atoms with Gasteiger partial charge in [0.25, 0.3) is 5.91 Å². The van der Waals surface area contributed by atoms with Gasteiger partial charge < -0.3 is 10.0 Å². The molecule has 122 valence electrons. The lowest BCUT2D eigenvalue weighted by Crippen LogP contribution is -2.50. The zero-order chi connectivity index (χ0) is 17.3. The van der Waals surface area contributed by atoms with Gasteiger partial charge in [0.1, 0.15) is 5.54 Å². The first-order valence-electron chi connectivity index (χ1n) is 6.77. The predicted molar refractivity (Wildman–Crippen MR) is 82.7 cm³/mol. The molecule has 1 amide bonds. The van der Waals surface area contributed by atoms with Crippen molar-refractivity contribution in [3.63, 3.8) is 0 Å². The number of likely N-dealkylation sites (N-methyl/N-ethyl adjacent to an activating group) is 1. The van der Waals surface area contributed by atoms with E-state index in [2.05, 4.69) is 0 Å². The van der Waals surface area contributed by atoms with Crippen molar-refractivity contribution in [2.24, 2.45) is 0 Å². The Kier molecular flexibility index (Phi) is 5.02. The van der Waals surface area contributed by atoms with Crippen LogP contribution in [0.3, 0.4) is 0 Å². The number of sulfone groups is 1. The Balaban J connectivity index is 3.35. The van der Waals surface area contributed by atoms with E-state index in [0.29, 0.717) is 12.0 Å². The number of rotatable bonds is 5. The molecule has 1 N–H and O–H groups in total. The van der Waals surface area contributed by atoms with Crippen molar-refractivity contribution in [3.8, 4) is 0 Å². The molecular formula is C15H21NO5S. The highest BCUT2D eigenvalue weighted by atomic mass is 32.2. The molecule has 6 nitrogen and oxygen atoms in total. The van der Waals surface area contributed by atoms with Crippen LogP contribution in [0, 0.1) is 0 Å². The van der Waals surface area contributed by atoms with Gasteiger partial charge in [-0.2, -0.15) is 0 Å². The lowest BCUT2D eigenvalue weighted by atomic mass is 10.0. The first-order chi connectivity index (χ1) is 9.92. The van der Waals surface area contributed by atoms with Gasteiger partial charge in [0.2, 0.25) is 0 Å². The molecule has 0 radical (unpaired) electrons. The topological polar surface area (TPSA) is 91.8 Å². The van der Waals surface area contributed by atoms with Crippen LogP contribution in [-0.4, -0.2) is 49.1 Å². The summed E-state index contributed by atoms with van der Waals surface area (Å²) >= 11 is 0. The Bertz CT molecular complexity index is 707. The van der Waals surface area contributed by atoms with Gasteiger partial charge in [0, 0.05) is 18.9 Å². The van der Waals surface area contributed by atoms with Crippen LogP contribution in [0.5, 0.6) is 0 Å². The molecule has 0 saturated carbocycles. The third-order valence-corrected chi connectivity index (χ3v) is 4.94. The summed E-state index contributed by atoms with van der Waals surface area (Å²) in [4.78, 5) is 24.9. The van der Waals surface area contributed by atoms with E-state index in [4.69, 9.17) is 0 Å². The van der Waals surface area contributed by atoms with Gasteiger partial charge >= 0.3 is 5.97 Å². The molecule has 0 fully saturated rings. The molecule has 0 aliphatic carbocycles. The maximum atomic E-state index is 12.4. The molecule has 0 aromatic heterocycles. The summed E-state index contributed by atoms with van der Waals surface area (Å²) in [6, 6.07) is 4.42. The highest BCUT2D eigenvalue weighted by Gasteiger charge is 2.35. The van der Waals surface area contributed by atoms with E-state index in [-0.39, 0.29) is 10.5 Å². The fourth-order valence-corrected chi connectivity index (χ4v) is 2.95. The summed E-state index contributed by atoms with van der Waals surface area (Å²) in [5.74, 6) is -1.68. The maximum absolute atomic E-state index is 12.4. The molecule has 0 unspecified atom stereocenters. The SMILES string of the molecule is CCc1ccc(C(=O)N(C)C(C)(C)C(=O)O)cc1S(C)(=O)=O. The Labute approximate surface area is 130 Å². The molecule has 0 heterocycles. The van der Waals surface area contributed by atoms with E-state index in [1.165, 1.54) is 33.0 Å². The van der Waals surface area contributed by atoms with Crippen molar-refractivity contribution in [1.29, 1.82) is 0 Å². The Morgan fingerprint density at radius 3 is 2.23 bits per heavy atom. The Hall–Kier alpha value is -1.89. The van der Waals surface area contributed by atoms with E-state index >= 15 is 0 Å². The second kappa shape index (κ2) is 6.08. The van der Waals surface area contributed by atoms with Crippen molar-refractivity contribution in [2.75, 3.05) is 13.3 Å². The molecular weight excluding hydrogens is 306 g/mol. The minimum absolute atomic E-state index is 0.0994. The number of aryl methyl sites for hydroxylation is 1. The lowest BCUT2D eigenvalue weighted by molar-refractivity contribution is -0.147. The second-order valence-electron chi connectivity index (χ2n) is 5.68. The lowest BCUT2D eigenvalue weighted by Gasteiger charge is -2.31. The molecule has 22 heavy (non-hydrogen) atoms. The number of carbonyl (C=O) groups is 2. The average Bonchev–Trinajstić information content (AvgIpc) is 2.43. The molecule has 1 aromatic rings. The van der Waals surface area contributed by atoms with Crippen LogP contribution in [0.2, 0.25) is 0 Å². The minimum Gasteiger partial charge on any atom is -0.480 e. The molecule has 0 saturated heterocycles. The number of hydrogen-bond donors (Lipinski definition) is 1. The van der Waals surface area contributed by atoms with Crippen molar-refractivity contribution in [1.82, 2.24) is 4.90 Å². The summed E-state index contributed by atoms with van der Waals surface area (Å²) in [7, 11) is -2.09. The molecule has 0 atom stereocenters. The first kappa shape index (κ1) is 18.2. The standard InChI is InChI=1S/C15H21NO5S/c1-6-10-7-8-11(9-12(10)22(5,20)21)13(17)16(4)15(2,3)14(18)19/h7-9H,6H2,1-5H3,(H,18,19). The van der Waals surface area contributed by atoms with Crippen molar-refractivity contribution >= 4 is 21.7 Å². The molecule has 1 aromatic carbocycles. The molecule has 0 aliphatic heterocycles. The van der Waals surface area contributed by atoms with Gasteiger partial charge in [0.15, 0.2) is 9.84 Å². The second-order valence-corrected chi connectivity index (χ2v) is 7.66. The van der Waals surface area contributed by atoms with E-state index in [0.717, 1.165) is 11.2 Å². The third-order valence-electron chi connectivity index (χ3n) is 3.76. The van der Waals surface area contributed by atoms with Gasteiger partial charge in [-0.25, -0.2) is 13.2 Å². The molecule has 0 bridgehead atoms. The fraction of sp³-hybridized carbons (Fsp3) is 0.467. The average molecular weight is 327 g/mol. The van der Waals surface area contributed by atoms with Crippen molar-refractivity contribution in [2.45, 2.75) is 37.6 Å². The Morgan fingerprint density at radius 2 is 1.82 bits per heavy atom. The number of carboxylic acid groups (broad SMARTS) is 1. The van der Waals surface area contributed by atoms with Crippen LogP contribution in [0.4, 0.5) is 0 Å². The Morgan fingerprint density at radius 1 is 1.27 bits per heavy atom. The number of benzene rings is 1. The highest BCUT2D eigenvalue weighted by Crippen LogP contribution is 2.22. The number of carboxylic acids is 1. The smallest absolute Gasteiger partial charge is 0.329 e. The van der Waals surface area contributed by atoms with Crippen LogP contribution in [-0.2, 0) is 21.1 Å². The van der Waals surface area contributed by atoms with Gasteiger partial charge in [-0.3, -0.25) is 4.79 Å². The number of carbonyl (C=O) groups excluding carboxylic acids is 1. The van der Waals surface area contributed by atoms with E-state index in [9.17, 15) is 23.1 Å². The summed E-state index contributed by atoms with van der Waals surface area (Å²) < 4.78 is 23.7. The minimum atomic E-state index is -3.47. The van der Waals surface area contributed by atoms with Gasteiger partial charge in [-0.1, -0.05) is 13.0 Å². The van der Waals surface area contributed by atoms with Crippen LogP contribution in [0.15, 0.2) is 23.1 Å². The summed E-state index contributed by atoms with van der Waals surface area (Å²) in [6.07, 6.45) is 1.61. The normalized spacial score (nSPS) is 12.0. The monoisotopic (exact) mass is 327 g/mol. The van der Waals surface area contributed by atoms with Gasteiger partial charge in [-0.05, 0) is 38.0 Å². The van der Waals surface area contributed by atoms with Gasteiger partial charge in [-0.15, -0.1) is 0 Å². The van der Waals surface area contributed by atoms with Crippen molar-refractivity contribution < 1.29 is 23.1 Å². The summed E-state index contributed by atoms with van der Waals surface area (Å²) in [6.45, 7) is 4.64. The van der Waals surface area contributed by atoms with Crippen LogP contribution in [0.25, 0.3) is 0 Å². The molecule has 0 spiro atoms. The van der Waals surface area contributed by atoms with Gasteiger partial charge in [0.05, 0.1) is 4.90 Å². The van der Waals surface area contributed by atoms with Crippen LogP contribution >= 0.6 is 0 Å². The first-order valence-corrected chi connectivity index (χ1v) is 8.66. The van der Waals surface area contributed by atoms with E-state index in [1.807, 2.05) is 6.92 Å². The summed E-state index contributed by atoms with van der Waals surface area (Å²) in [5.41, 5.74) is -0.625. The quantitative estimate of drug-likeness (QED) is 0.886. The van der Waals surface area contributed by atoms with E-state index < -0.39 is 27.3 Å². The van der Waals surface area contributed by atoms with Crippen LogP contribution in [0.1, 0.15) is 36.7 Å². The zero-order valence-electron chi connectivity index (χ0n) is 13.4. The molecule has 1 rings (SSSR count). The predicted octanol–water partition coefficient (Wildman–Crippen LogP) is 1.59. The summed E-state index contributed by atoms with van der Waals surface area (Å²) in [5, 5.41) is 9.18. The van der Waals surface area contributed by atoms with Crippen molar-refractivity contribution in [3.05, 3.63) is 29.3 Å². The zero-order valence-corrected chi connectivity index (χ0v) is 14.2.